The summed E-state index contributed by atoms with van der Waals surface area (Å²) in [6.07, 6.45) is 2.92. The summed E-state index contributed by atoms with van der Waals surface area (Å²) in [4.78, 5) is 29.2. The Bertz CT molecular complexity index is 1370. The SMILES string of the molecule is CCN(CCn1c(=O)oc2cc(CO)ccc21)[C@H]1CC[C@H](OC(=O)C(O)(c2cccs2)c2cccs2)CC1. The van der Waals surface area contributed by atoms with Crippen molar-refractivity contribution in [3.8, 4) is 0 Å². The predicted octanol–water partition coefficient (Wildman–Crippen LogP) is 4.32. The maximum Gasteiger partial charge on any atom is 0.419 e. The van der Waals surface area contributed by atoms with E-state index in [2.05, 4.69) is 11.8 Å². The normalized spacial score (nSPS) is 18.3. The molecule has 2 N–H and O–H groups in total. The molecule has 0 bridgehead atoms. The molecule has 0 radical (unpaired) electrons. The van der Waals surface area contributed by atoms with Gasteiger partial charge in [0.05, 0.1) is 21.9 Å². The molecule has 0 aliphatic heterocycles. The quantitative estimate of drug-likeness (QED) is 0.280. The average Bonchev–Trinajstić information content (AvgIpc) is 3.71. The molecule has 38 heavy (non-hydrogen) atoms. The molecular formula is C28H32N2O6S2. The van der Waals surface area contributed by atoms with Crippen molar-refractivity contribution in [2.24, 2.45) is 0 Å². The number of rotatable bonds is 10. The molecule has 4 aromatic rings. The van der Waals surface area contributed by atoms with E-state index in [0.29, 0.717) is 40.0 Å². The zero-order valence-corrected chi connectivity index (χ0v) is 22.9. The Morgan fingerprint density at radius 2 is 1.82 bits per heavy atom. The van der Waals surface area contributed by atoms with Crippen LogP contribution in [0.15, 0.2) is 62.4 Å². The van der Waals surface area contributed by atoms with E-state index in [1.54, 1.807) is 28.8 Å². The van der Waals surface area contributed by atoms with Gasteiger partial charge in [-0.25, -0.2) is 9.59 Å². The van der Waals surface area contributed by atoms with E-state index in [4.69, 9.17) is 9.15 Å². The van der Waals surface area contributed by atoms with E-state index in [1.807, 2.05) is 29.0 Å². The number of benzene rings is 1. The monoisotopic (exact) mass is 556 g/mol. The summed E-state index contributed by atoms with van der Waals surface area (Å²) in [6.45, 7) is 4.04. The molecule has 0 atom stereocenters. The molecule has 1 aliphatic carbocycles. The van der Waals surface area contributed by atoms with Crippen molar-refractivity contribution in [3.63, 3.8) is 0 Å². The van der Waals surface area contributed by atoms with Crippen LogP contribution in [-0.4, -0.2) is 50.9 Å². The van der Waals surface area contributed by atoms with Crippen LogP contribution in [-0.2, 0) is 28.3 Å². The number of aliphatic hydroxyl groups is 2. The maximum absolute atomic E-state index is 13.3. The van der Waals surface area contributed by atoms with E-state index in [1.165, 1.54) is 22.7 Å². The molecule has 0 spiro atoms. The van der Waals surface area contributed by atoms with Crippen molar-refractivity contribution in [1.29, 1.82) is 0 Å². The van der Waals surface area contributed by atoms with Crippen LogP contribution in [0.2, 0.25) is 0 Å². The average molecular weight is 557 g/mol. The van der Waals surface area contributed by atoms with Gasteiger partial charge < -0.3 is 19.4 Å². The fraction of sp³-hybridized carbons (Fsp3) is 0.429. The third kappa shape index (κ3) is 5.23. The van der Waals surface area contributed by atoms with Gasteiger partial charge in [0.25, 0.3) is 0 Å². The van der Waals surface area contributed by atoms with E-state index < -0.39 is 17.3 Å². The number of oxazole rings is 1. The number of nitrogens with zero attached hydrogens (tertiary/aromatic N) is 2. The first-order chi connectivity index (χ1) is 18.4. The second-order valence-electron chi connectivity index (χ2n) is 9.61. The molecular weight excluding hydrogens is 524 g/mol. The van der Waals surface area contributed by atoms with Gasteiger partial charge in [-0.1, -0.05) is 25.1 Å². The minimum Gasteiger partial charge on any atom is -0.460 e. The lowest BCUT2D eigenvalue weighted by Gasteiger charge is -2.37. The number of fused-ring (bicyclic) bond motifs is 1. The van der Waals surface area contributed by atoms with Gasteiger partial charge in [-0.05, 0) is 72.8 Å². The topological polar surface area (TPSA) is 105 Å². The lowest BCUT2D eigenvalue weighted by Crippen LogP contribution is -2.44. The fourth-order valence-corrected chi connectivity index (χ4v) is 7.02. The highest BCUT2D eigenvalue weighted by Gasteiger charge is 2.45. The van der Waals surface area contributed by atoms with E-state index in [-0.39, 0.29) is 12.7 Å². The standard InChI is InChI=1S/C28H32N2O6S2/c1-2-29(13-14-30-22-12-7-19(18-31)17-23(22)36-27(30)33)20-8-10-21(11-9-20)35-26(32)28(34,24-5-3-15-37-24)25-6-4-16-38-25/h3-7,12,15-17,20-21,31,34H,2,8-11,13-14,18H2,1H3/t20-,21-. The summed E-state index contributed by atoms with van der Waals surface area (Å²) in [7, 11) is 0. The number of hydrogen-bond acceptors (Lipinski definition) is 9. The number of esters is 1. The van der Waals surface area contributed by atoms with Crippen LogP contribution in [0.4, 0.5) is 0 Å². The van der Waals surface area contributed by atoms with Crippen molar-refractivity contribution in [1.82, 2.24) is 9.47 Å². The first-order valence-electron chi connectivity index (χ1n) is 12.9. The van der Waals surface area contributed by atoms with Crippen LogP contribution in [0.1, 0.15) is 47.9 Å². The minimum absolute atomic E-state index is 0.103. The van der Waals surface area contributed by atoms with Gasteiger partial charge >= 0.3 is 11.7 Å². The largest absolute Gasteiger partial charge is 0.460 e. The van der Waals surface area contributed by atoms with Crippen molar-refractivity contribution >= 4 is 39.7 Å². The molecule has 1 saturated carbocycles. The highest BCUT2D eigenvalue weighted by Crippen LogP contribution is 2.38. The Kier molecular flexibility index (Phi) is 8.15. The Morgan fingerprint density at radius 3 is 2.39 bits per heavy atom. The van der Waals surface area contributed by atoms with Crippen LogP contribution in [0, 0.1) is 0 Å². The summed E-state index contributed by atoms with van der Waals surface area (Å²) in [5.41, 5.74) is 0.128. The van der Waals surface area contributed by atoms with E-state index in [9.17, 15) is 19.8 Å². The maximum atomic E-state index is 13.3. The molecule has 1 aliphatic rings. The number of ether oxygens (including phenoxy) is 1. The zero-order chi connectivity index (χ0) is 26.7. The first-order valence-corrected chi connectivity index (χ1v) is 14.7. The number of thiophene rings is 2. The fourth-order valence-electron chi connectivity index (χ4n) is 5.30. The van der Waals surface area contributed by atoms with E-state index in [0.717, 1.165) is 37.7 Å². The number of carbonyl (C=O) groups excluding carboxylic acids is 1. The Morgan fingerprint density at radius 1 is 1.13 bits per heavy atom. The number of carbonyl (C=O) groups is 1. The van der Waals surface area contributed by atoms with Gasteiger partial charge in [0.15, 0.2) is 5.58 Å². The summed E-state index contributed by atoms with van der Waals surface area (Å²) in [5.74, 6) is -1.01. The molecule has 202 valence electrons. The predicted molar refractivity (Wildman–Crippen MR) is 147 cm³/mol. The smallest absolute Gasteiger partial charge is 0.419 e. The molecule has 5 rings (SSSR count). The lowest BCUT2D eigenvalue weighted by molar-refractivity contribution is -0.169. The van der Waals surface area contributed by atoms with Crippen LogP contribution >= 0.6 is 22.7 Å². The molecule has 8 nitrogen and oxygen atoms in total. The number of likely N-dealkylation sites (N-methyl/N-ethyl adjacent to an activating group) is 1. The van der Waals surface area contributed by atoms with Crippen LogP contribution in [0.5, 0.6) is 0 Å². The molecule has 1 fully saturated rings. The van der Waals surface area contributed by atoms with Gasteiger partial charge in [0.2, 0.25) is 5.60 Å². The number of aromatic nitrogens is 1. The third-order valence-electron chi connectivity index (χ3n) is 7.42. The zero-order valence-electron chi connectivity index (χ0n) is 21.2. The summed E-state index contributed by atoms with van der Waals surface area (Å²) >= 11 is 2.68. The summed E-state index contributed by atoms with van der Waals surface area (Å²) < 4.78 is 12.9. The minimum atomic E-state index is -1.78. The number of hydrogen-bond donors (Lipinski definition) is 2. The molecule has 10 heteroatoms. The lowest BCUT2D eigenvalue weighted by atomic mass is 9.91. The Balaban J connectivity index is 1.20. The first kappa shape index (κ1) is 26.8. The molecule has 3 aromatic heterocycles. The second-order valence-corrected chi connectivity index (χ2v) is 11.5. The van der Waals surface area contributed by atoms with Crippen molar-refractivity contribution in [2.75, 3.05) is 13.1 Å². The van der Waals surface area contributed by atoms with Crippen LogP contribution < -0.4 is 5.76 Å². The number of aliphatic hydroxyl groups excluding tert-OH is 1. The van der Waals surface area contributed by atoms with Crippen molar-refractivity contribution in [2.45, 2.75) is 63.5 Å². The van der Waals surface area contributed by atoms with E-state index >= 15 is 0 Å². The third-order valence-corrected chi connectivity index (χ3v) is 9.37. The highest BCUT2D eigenvalue weighted by molar-refractivity contribution is 7.12. The van der Waals surface area contributed by atoms with Gasteiger partial charge in [-0.15, -0.1) is 22.7 Å². The summed E-state index contributed by atoms with van der Waals surface area (Å²) in [5, 5.41) is 24.5. The molecule has 1 aromatic carbocycles. The second kappa shape index (κ2) is 11.5. The van der Waals surface area contributed by atoms with Crippen molar-refractivity contribution in [3.05, 3.63) is 79.1 Å². The Hall–Kier alpha value is -2.76. The van der Waals surface area contributed by atoms with Gasteiger partial charge in [-0.2, -0.15) is 0 Å². The van der Waals surface area contributed by atoms with Crippen LogP contribution in [0.25, 0.3) is 11.1 Å². The molecule has 3 heterocycles. The van der Waals surface area contributed by atoms with Crippen molar-refractivity contribution < 1.29 is 24.2 Å². The molecule has 0 saturated heterocycles. The summed E-state index contributed by atoms with van der Waals surface area (Å²) in [6, 6.07) is 12.8. The van der Waals surface area contributed by atoms with Crippen LogP contribution in [0.3, 0.4) is 0 Å². The Labute approximate surface area is 228 Å². The van der Waals surface area contributed by atoms with Gasteiger partial charge in [-0.3, -0.25) is 9.47 Å². The molecule has 0 amide bonds. The molecule has 0 unspecified atom stereocenters. The highest BCUT2D eigenvalue weighted by atomic mass is 32.1. The van der Waals surface area contributed by atoms with Gasteiger partial charge in [0.1, 0.15) is 6.10 Å². The van der Waals surface area contributed by atoms with Gasteiger partial charge in [0, 0.05) is 19.1 Å².